The Balaban J connectivity index is 3.85. The van der Waals surface area contributed by atoms with Gasteiger partial charge in [0.15, 0.2) is 0 Å². The number of carbonyl (C=O) groups excluding carboxylic acids is 2. The predicted octanol–water partition coefficient (Wildman–Crippen LogP) is 1.63. The molecule has 100 valence electrons. The average Bonchev–Trinajstić information content (AvgIpc) is 2.22. The second-order valence-electron chi connectivity index (χ2n) is 4.34. The van der Waals surface area contributed by atoms with Gasteiger partial charge in [-0.05, 0) is 19.3 Å². The van der Waals surface area contributed by atoms with E-state index in [4.69, 9.17) is 4.74 Å². The number of nitrogens with one attached hydrogen (secondary N) is 1. The summed E-state index contributed by atoms with van der Waals surface area (Å²) in [6.45, 7) is 9.59. The highest BCUT2D eigenvalue weighted by Gasteiger charge is 2.09. The Kier molecular flexibility index (Phi) is 8.19. The highest BCUT2D eigenvalue weighted by Crippen LogP contribution is 2.02. The molecule has 0 heterocycles. The molecule has 0 aromatic rings. The fourth-order valence-corrected chi connectivity index (χ4v) is 1.32. The smallest absolute Gasteiger partial charge is 0.407 e. The van der Waals surface area contributed by atoms with E-state index in [1.807, 2.05) is 0 Å². The molecule has 0 atom stereocenters. The van der Waals surface area contributed by atoms with Crippen LogP contribution in [0.3, 0.4) is 0 Å². The van der Waals surface area contributed by atoms with Crippen LogP contribution in [0.1, 0.15) is 34.1 Å². The zero-order chi connectivity index (χ0) is 13.3. The molecule has 0 aliphatic carbocycles. The summed E-state index contributed by atoms with van der Waals surface area (Å²) in [5, 5.41) is 2.60. The van der Waals surface area contributed by atoms with Gasteiger partial charge in [-0.25, -0.2) is 4.79 Å². The van der Waals surface area contributed by atoms with Crippen molar-refractivity contribution in [1.82, 2.24) is 10.2 Å². The molecule has 0 aromatic carbocycles. The molecule has 0 radical (unpaired) electrons. The highest BCUT2D eigenvalue weighted by molar-refractivity contribution is 5.73. The van der Waals surface area contributed by atoms with Crippen molar-refractivity contribution in [3.05, 3.63) is 0 Å². The monoisotopic (exact) mass is 244 g/mol. The summed E-state index contributed by atoms with van der Waals surface area (Å²) < 4.78 is 4.73. The molecule has 2 amide bonds. The van der Waals surface area contributed by atoms with Crippen molar-refractivity contribution >= 4 is 12.0 Å². The summed E-state index contributed by atoms with van der Waals surface area (Å²) in [4.78, 5) is 24.1. The quantitative estimate of drug-likeness (QED) is 0.740. The second kappa shape index (κ2) is 8.84. The third-order valence-electron chi connectivity index (χ3n) is 2.35. The summed E-state index contributed by atoms with van der Waals surface area (Å²) >= 11 is 0. The number of hydrogen-bond donors (Lipinski definition) is 1. The number of rotatable bonds is 7. The molecule has 0 bridgehead atoms. The molecule has 0 aliphatic heterocycles. The van der Waals surface area contributed by atoms with E-state index in [0.717, 1.165) is 13.0 Å². The first kappa shape index (κ1) is 15.7. The summed E-state index contributed by atoms with van der Waals surface area (Å²) in [7, 11) is 0. The molecule has 17 heavy (non-hydrogen) atoms. The number of alkyl carbamates (subject to hydrolysis) is 1. The van der Waals surface area contributed by atoms with Crippen LogP contribution in [0.5, 0.6) is 0 Å². The fourth-order valence-electron chi connectivity index (χ4n) is 1.32. The van der Waals surface area contributed by atoms with Crippen molar-refractivity contribution in [2.75, 3.05) is 26.2 Å². The largest absolute Gasteiger partial charge is 0.450 e. The highest BCUT2D eigenvalue weighted by atomic mass is 16.5. The number of hydrogen-bond acceptors (Lipinski definition) is 3. The number of carbonyl (C=O) groups is 2. The first-order valence-electron chi connectivity index (χ1n) is 6.13. The lowest BCUT2D eigenvalue weighted by atomic mass is 10.1. The third kappa shape index (κ3) is 8.54. The Morgan fingerprint density at radius 2 is 1.94 bits per heavy atom. The fraction of sp³-hybridized carbons (Fsp3) is 0.833. The third-order valence-corrected chi connectivity index (χ3v) is 2.35. The molecule has 0 rings (SSSR count). The van der Waals surface area contributed by atoms with Crippen molar-refractivity contribution in [2.24, 2.45) is 5.92 Å². The van der Waals surface area contributed by atoms with Gasteiger partial charge in [0.1, 0.15) is 0 Å². The van der Waals surface area contributed by atoms with Crippen molar-refractivity contribution in [1.29, 1.82) is 0 Å². The lowest BCUT2D eigenvalue weighted by Crippen LogP contribution is -2.38. The van der Waals surface area contributed by atoms with Gasteiger partial charge in [-0.1, -0.05) is 13.8 Å². The van der Waals surface area contributed by atoms with Gasteiger partial charge in [0.05, 0.1) is 6.61 Å². The van der Waals surface area contributed by atoms with E-state index >= 15 is 0 Å². The molecular weight excluding hydrogens is 220 g/mol. The molecule has 0 saturated heterocycles. The van der Waals surface area contributed by atoms with E-state index in [2.05, 4.69) is 19.2 Å². The molecule has 0 aliphatic rings. The first-order chi connectivity index (χ1) is 7.97. The molecule has 5 nitrogen and oxygen atoms in total. The Bertz CT molecular complexity index is 242. The molecule has 0 spiro atoms. The maximum absolute atomic E-state index is 11.3. The summed E-state index contributed by atoms with van der Waals surface area (Å²) in [5.41, 5.74) is 0. The first-order valence-corrected chi connectivity index (χ1v) is 6.13. The zero-order valence-electron chi connectivity index (χ0n) is 11.3. The van der Waals surface area contributed by atoms with Crippen molar-refractivity contribution in [2.45, 2.75) is 34.1 Å². The van der Waals surface area contributed by atoms with Gasteiger partial charge in [0.2, 0.25) is 5.91 Å². The van der Waals surface area contributed by atoms with Gasteiger partial charge >= 0.3 is 6.09 Å². The Morgan fingerprint density at radius 1 is 1.29 bits per heavy atom. The Morgan fingerprint density at radius 3 is 2.41 bits per heavy atom. The lowest BCUT2D eigenvalue weighted by molar-refractivity contribution is -0.128. The van der Waals surface area contributed by atoms with E-state index in [-0.39, 0.29) is 5.91 Å². The van der Waals surface area contributed by atoms with Gasteiger partial charge in [-0.3, -0.25) is 4.79 Å². The minimum Gasteiger partial charge on any atom is -0.450 e. The SMILES string of the molecule is CCOC(=O)NCCN(CCC(C)C)C(C)=O. The minimum atomic E-state index is -0.431. The standard InChI is InChI=1S/C12H24N2O3/c1-5-17-12(16)13-7-9-14(11(4)15)8-6-10(2)3/h10H,5-9H2,1-4H3,(H,13,16). The van der Waals surface area contributed by atoms with Crippen LogP contribution in [0.4, 0.5) is 4.79 Å². The topological polar surface area (TPSA) is 58.6 Å². The predicted molar refractivity (Wildman–Crippen MR) is 66.7 cm³/mol. The van der Waals surface area contributed by atoms with Gasteiger partial charge < -0.3 is 15.0 Å². The summed E-state index contributed by atoms with van der Waals surface area (Å²) in [6, 6.07) is 0. The van der Waals surface area contributed by atoms with Crippen molar-refractivity contribution < 1.29 is 14.3 Å². The van der Waals surface area contributed by atoms with Crippen LogP contribution in [-0.4, -0.2) is 43.1 Å². The van der Waals surface area contributed by atoms with E-state index in [1.54, 1.807) is 18.7 Å². The molecule has 1 N–H and O–H groups in total. The second-order valence-corrected chi connectivity index (χ2v) is 4.34. The minimum absolute atomic E-state index is 0.0382. The maximum Gasteiger partial charge on any atom is 0.407 e. The van der Waals surface area contributed by atoms with E-state index in [1.165, 1.54) is 0 Å². The van der Waals surface area contributed by atoms with Gasteiger partial charge in [-0.2, -0.15) is 0 Å². The van der Waals surface area contributed by atoms with Crippen LogP contribution >= 0.6 is 0 Å². The van der Waals surface area contributed by atoms with Crippen molar-refractivity contribution in [3.63, 3.8) is 0 Å². The van der Waals surface area contributed by atoms with E-state index < -0.39 is 6.09 Å². The van der Waals surface area contributed by atoms with E-state index in [9.17, 15) is 9.59 Å². The van der Waals surface area contributed by atoms with Crippen molar-refractivity contribution in [3.8, 4) is 0 Å². The van der Waals surface area contributed by atoms with Crippen LogP contribution in [0.2, 0.25) is 0 Å². The van der Waals surface area contributed by atoms with Crippen LogP contribution in [0, 0.1) is 5.92 Å². The zero-order valence-corrected chi connectivity index (χ0v) is 11.3. The molecule has 0 aromatic heterocycles. The molecule has 0 unspecified atom stereocenters. The average molecular weight is 244 g/mol. The van der Waals surface area contributed by atoms with E-state index in [0.29, 0.717) is 25.6 Å². The van der Waals surface area contributed by atoms with Crippen LogP contribution in [0.15, 0.2) is 0 Å². The number of amides is 2. The van der Waals surface area contributed by atoms with Crippen LogP contribution in [0.25, 0.3) is 0 Å². The Labute approximate surface area is 103 Å². The normalized spacial score (nSPS) is 10.2. The molecule has 5 heteroatoms. The lowest BCUT2D eigenvalue weighted by Gasteiger charge is -2.22. The number of ether oxygens (including phenoxy) is 1. The van der Waals surface area contributed by atoms with Crippen LogP contribution < -0.4 is 5.32 Å². The Hall–Kier alpha value is -1.26. The van der Waals surface area contributed by atoms with Gasteiger partial charge in [-0.15, -0.1) is 0 Å². The summed E-state index contributed by atoms with van der Waals surface area (Å²) in [5.74, 6) is 0.603. The number of nitrogens with zero attached hydrogens (tertiary/aromatic N) is 1. The summed E-state index contributed by atoms with van der Waals surface area (Å²) in [6.07, 6.45) is 0.541. The van der Waals surface area contributed by atoms with Gasteiger partial charge in [0.25, 0.3) is 0 Å². The maximum atomic E-state index is 11.3. The van der Waals surface area contributed by atoms with Gasteiger partial charge in [0, 0.05) is 26.6 Å². The molecule has 0 fully saturated rings. The van der Waals surface area contributed by atoms with Crippen LogP contribution in [-0.2, 0) is 9.53 Å². The molecule has 0 saturated carbocycles. The molecular formula is C12H24N2O3.